The highest BCUT2D eigenvalue weighted by molar-refractivity contribution is 5.36. The number of benzene rings is 1. The number of ether oxygens (including phenoxy) is 1. The number of rotatable bonds is 2. The number of aliphatic hydroxyl groups is 1. The van der Waals surface area contributed by atoms with Crippen LogP contribution in [0.3, 0.4) is 0 Å². The summed E-state index contributed by atoms with van der Waals surface area (Å²) in [5.74, 6) is 0.0596. The molecule has 1 aromatic carbocycles. The minimum atomic E-state index is -1.05. The molecule has 0 saturated heterocycles. The van der Waals surface area contributed by atoms with Crippen LogP contribution in [0.15, 0.2) is 18.2 Å². The molecule has 1 rings (SSSR count). The zero-order chi connectivity index (χ0) is 9.14. The molecule has 0 aliphatic heterocycles. The van der Waals surface area contributed by atoms with Crippen molar-refractivity contribution < 1.29 is 14.9 Å². The number of methoxy groups -OCH3 is 1. The Balaban J connectivity index is 3.01. The molecule has 0 aliphatic carbocycles. The van der Waals surface area contributed by atoms with Crippen LogP contribution in [0.4, 0.5) is 0 Å². The average Bonchev–Trinajstić information content (AvgIpc) is 2.03. The lowest BCUT2D eigenvalue weighted by Crippen LogP contribution is -1.99. The number of phenolic OH excluding ortho intramolecular Hbond substituents is 1. The topological polar surface area (TPSA) is 49.7 Å². The van der Waals surface area contributed by atoms with Crippen LogP contribution in [0.5, 0.6) is 5.75 Å². The van der Waals surface area contributed by atoms with Gasteiger partial charge < -0.3 is 14.9 Å². The average molecular weight is 168 g/mol. The van der Waals surface area contributed by atoms with Crippen molar-refractivity contribution in [2.24, 2.45) is 0 Å². The summed E-state index contributed by atoms with van der Waals surface area (Å²) in [7, 11) is 1.38. The van der Waals surface area contributed by atoms with Crippen LogP contribution < -0.4 is 0 Å². The van der Waals surface area contributed by atoms with E-state index in [1.807, 2.05) is 6.92 Å². The number of aromatic hydroxyl groups is 1. The molecule has 3 heteroatoms. The lowest BCUT2D eigenvalue weighted by Gasteiger charge is -2.10. The Morgan fingerprint density at radius 3 is 2.58 bits per heavy atom. The molecule has 0 aliphatic rings. The van der Waals surface area contributed by atoms with Gasteiger partial charge in [-0.1, -0.05) is 6.07 Å². The largest absolute Gasteiger partial charge is 0.507 e. The van der Waals surface area contributed by atoms with Gasteiger partial charge in [-0.2, -0.15) is 0 Å². The molecule has 2 N–H and O–H groups in total. The van der Waals surface area contributed by atoms with Crippen molar-refractivity contribution >= 4 is 0 Å². The van der Waals surface area contributed by atoms with Crippen LogP contribution >= 0.6 is 0 Å². The SMILES string of the molecule is COC(O)c1ccc(C)cc1O. The Bertz CT molecular complexity index is 270. The van der Waals surface area contributed by atoms with Crippen molar-refractivity contribution in [3.05, 3.63) is 29.3 Å². The Hall–Kier alpha value is -1.06. The van der Waals surface area contributed by atoms with E-state index in [0.29, 0.717) is 5.56 Å². The predicted molar refractivity (Wildman–Crippen MR) is 44.8 cm³/mol. The molecule has 1 unspecified atom stereocenters. The van der Waals surface area contributed by atoms with Crippen molar-refractivity contribution in [3.8, 4) is 5.75 Å². The van der Waals surface area contributed by atoms with Gasteiger partial charge in [-0.3, -0.25) is 0 Å². The van der Waals surface area contributed by atoms with Crippen LogP contribution in [0.2, 0.25) is 0 Å². The van der Waals surface area contributed by atoms with Crippen molar-refractivity contribution in [2.45, 2.75) is 13.2 Å². The molecule has 0 heterocycles. The maximum atomic E-state index is 9.35. The minimum absolute atomic E-state index is 0.0596. The zero-order valence-electron chi connectivity index (χ0n) is 7.11. The van der Waals surface area contributed by atoms with Crippen molar-refractivity contribution in [1.29, 1.82) is 0 Å². The molecular formula is C9H12O3. The summed E-state index contributed by atoms with van der Waals surface area (Å²) in [5, 5.41) is 18.6. The van der Waals surface area contributed by atoms with E-state index in [1.54, 1.807) is 18.2 Å². The molecule has 12 heavy (non-hydrogen) atoms. The monoisotopic (exact) mass is 168 g/mol. The van der Waals surface area contributed by atoms with E-state index in [2.05, 4.69) is 4.74 Å². The maximum absolute atomic E-state index is 9.35. The van der Waals surface area contributed by atoms with E-state index in [9.17, 15) is 10.2 Å². The smallest absolute Gasteiger partial charge is 0.184 e. The molecule has 0 radical (unpaired) electrons. The van der Waals surface area contributed by atoms with E-state index >= 15 is 0 Å². The van der Waals surface area contributed by atoms with Crippen LogP contribution in [0.1, 0.15) is 17.4 Å². The zero-order valence-corrected chi connectivity index (χ0v) is 7.11. The number of aliphatic hydroxyl groups excluding tert-OH is 1. The lowest BCUT2D eigenvalue weighted by molar-refractivity contribution is -0.0780. The van der Waals surface area contributed by atoms with Crippen molar-refractivity contribution in [3.63, 3.8) is 0 Å². The van der Waals surface area contributed by atoms with Crippen molar-refractivity contribution in [2.75, 3.05) is 7.11 Å². The molecule has 1 aromatic rings. The van der Waals surface area contributed by atoms with Crippen LogP contribution in [-0.4, -0.2) is 17.3 Å². The lowest BCUT2D eigenvalue weighted by atomic mass is 10.1. The summed E-state index contributed by atoms with van der Waals surface area (Å²) in [6.07, 6.45) is -1.05. The van der Waals surface area contributed by atoms with Gasteiger partial charge in [-0.05, 0) is 24.6 Å². The first-order valence-electron chi connectivity index (χ1n) is 3.65. The Labute approximate surface area is 71.2 Å². The second-order valence-electron chi connectivity index (χ2n) is 2.65. The quantitative estimate of drug-likeness (QED) is 0.655. The standard InChI is InChI=1S/C9H12O3/c1-6-3-4-7(8(10)5-6)9(11)12-2/h3-5,9-11H,1-2H3. The first-order chi connectivity index (χ1) is 5.65. The summed E-state index contributed by atoms with van der Waals surface area (Å²) < 4.78 is 4.65. The molecule has 66 valence electrons. The summed E-state index contributed by atoms with van der Waals surface area (Å²) in [6.45, 7) is 1.86. The van der Waals surface area contributed by atoms with Crippen LogP contribution in [0, 0.1) is 6.92 Å². The fraction of sp³-hybridized carbons (Fsp3) is 0.333. The van der Waals surface area contributed by atoms with Gasteiger partial charge in [-0.15, -0.1) is 0 Å². The van der Waals surface area contributed by atoms with Gasteiger partial charge in [0.15, 0.2) is 6.29 Å². The third-order valence-corrected chi connectivity index (χ3v) is 1.68. The number of hydrogen-bond donors (Lipinski definition) is 2. The molecular weight excluding hydrogens is 156 g/mol. The molecule has 0 bridgehead atoms. The first kappa shape index (κ1) is 9.03. The predicted octanol–water partition coefficient (Wildman–Crippen LogP) is 1.34. The summed E-state index contributed by atoms with van der Waals surface area (Å²) >= 11 is 0. The highest BCUT2D eigenvalue weighted by Crippen LogP contribution is 2.25. The summed E-state index contributed by atoms with van der Waals surface area (Å²) in [6, 6.07) is 5.02. The van der Waals surface area contributed by atoms with E-state index in [-0.39, 0.29) is 5.75 Å². The molecule has 0 aromatic heterocycles. The van der Waals surface area contributed by atoms with Crippen LogP contribution in [0.25, 0.3) is 0 Å². The number of aryl methyl sites for hydroxylation is 1. The summed E-state index contributed by atoms with van der Waals surface area (Å²) in [4.78, 5) is 0. The van der Waals surface area contributed by atoms with Gasteiger partial charge >= 0.3 is 0 Å². The van der Waals surface area contributed by atoms with E-state index < -0.39 is 6.29 Å². The van der Waals surface area contributed by atoms with E-state index in [4.69, 9.17) is 0 Å². The van der Waals surface area contributed by atoms with Gasteiger partial charge in [0.1, 0.15) is 5.75 Å². The van der Waals surface area contributed by atoms with Gasteiger partial charge in [0.05, 0.1) is 0 Å². The first-order valence-corrected chi connectivity index (χ1v) is 3.65. The third-order valence-electron chi connectivity index (χ3n) is 1.68. The Kier molecular flexibility index (Phi) is 2.68. The molecule has 0 saturated carbocycles. The fourth-order valence-corrected chi connectivity index (χ4v) is 0.989. The normalized spacial score (nSPS) is 12.9. The Morgan fingerprint density at radius 2 is 2.08 bits per heavy atom. The van der Waals surface area contributed by atoms with Gasteiger partial charge in [0, 0.05) is 12.7 Å². The summed E-state index contributed by atoms with van der Waals surface area (Å²) in [5.41, 5.74) is 1.34. The molecule has 3 nitrogen and oxygen atoms in total. The maximum Gasteiger partial charge on any atom is 0.184 e. The molecule has 1 atom stereocenters. The second-order valence-corrected chi connectivity index (χ2v) is 2.65. The number of phenols is 1. The molecule has 0 amide bonds. The molecule has 0 fully saturated rings. The second kappa shape index (κ2) is 3.56. The van der Waals surface area contributed by atoms with Crippen molar-refractivity contribution in [1.82, 2.24) is 0 Å². The fourth-order valence-electron chi connectivity index (χ4n) is 0.989. The van der Waals surface area contributed by atoms with Gasteiger partial charge in [0.2, 0.25) is 0 Å². The number of hydrogen-bond acceptors (Lipinski definition) is 3. The van der Waals surface area contributed by atoms with E-state index in [1.165, 1.54) is 7.11 Å². The molecule has 0 spiro atoms. The highest BCUT2D eigenvalue weighted by atomic mass is 16.6. The Morgan fingerprint density at radius 1 is 1.42 bits per heavy atom. The van der Waals surface area contributed by atoms with Gasteiger partial charge in [0.25, 0.3) is 0 Å². The van der Waals surface area contributed by atoms with E-state index in [0.717, 1.165) is 5.56 Å². The third kappa shape index (κ3) is 1.75. The van der Waals surface area contributed by atoms with Gasteiger partial charge in [-0.25, -0.2) is 0 Å². The highest BCUT2D eigenvalue weighted by Gasteiger charge is 2.09. The van der Waals surface area contributed by atoms with Crippen LogP contribution in [-0.2, 0) is 4.74 Å². The minimum Gasteiger partial charge on any atom is -0.507 e.